The molecule has 1 aromatic heterocycles. The minimum absolute atomic E-state index is 0.327. The molecule has 0 amide bonds. The molecule has 0 spiro atoms. The van der Waals surface area contributed by atoms with E-state index in [0.29, 0.717) is 19.4 Å². The van der Waals surface area contributed by atoms with Crippen LogP contribution in [-0.2, 0) is 19.8 Å². The lowest BCUT2D eigenvalue weighted by Gasteiger charge is -2.22. The summed E-state index contributed by atoms with van der Waals surface area (Å²) in [4.78, 5) is 4.66. The van der Waals surface area contributed by atoms with Crippen molar-refractivity contribution in [1.29, 1.82) is 0 Å². The molecule has 1 aliphatic heterocycles. The average Bonchev–Trinajstić information content (AvgIpc) is 3.00. The Labute approximate surface area is 138 Å². The SMILES string of the molecule is O=P1(Cc2ccc(-c3nc4ccccc4s3)cc2)OCCCO1. The van der Waals surface area contributed by atoms with Crippen molar-refractivity contribution < 1.29 is 13.6 Å². The fourth-order valence-corrected chi connectivity index (χ4v) is 5.27. The third-order valence-electron chi connectivity index (χ3n) is 3.74. The monoisotopic (exact) mass is 345 g/mol. The molecular weight excluding hydrogens is 329 g/mol. The molecule has 0 unspecified atom stereocenters. The van der Waals surface area contributed by atoms with E-state index in [4.69, 9.17) is 9.05 Å². The van der Waals surface area contributed by atoms with Gasteiger partial charge in [-0.25, -0.2) is 4.98 Å². The Morgan fingerprint density at radius 2 is 1.78 bits per heavy atom. The second kappa shape index (κ2) is 6.17. The molecule has 6 heteroatoms. The molecule has 0 saturated carbocycles. The third-order valence-corrected chi connectivity index (χ3v) is 6.73. The van der Waals surface area contributed by atoms with E-state index in [1.807, 2.05) is 42.5 Å². The van der Waals surface area contributed by atoms with Gasteiger partial charge in [0.05, 0.1) is 29.6 Å². The Hall–Kier alpha value is -1.52. The smallest absolute Gasteiger partial charge is 0.308 e. The van der Waals surface area contributed by atoms with Crippen LogP contribution < -0.4 is 0 Å². The van der Waals surface area contributed by atoms with Crippen LogP contribution in [0.15, 0.2) is 48.5 Å². The predicted molar refractivity (Wildman–Crippen MR) is 92.9 cm³/mol. The number of fused-ring (bicyclic) bond motifs is 1. The molecular formula is C17H16NO3PS. The second-order valence-electron chi connectivity index (χ2n) is 5.47. The lowest BCUT2D eigenvalue weighted by atomic mass is 10.2. The maximum Gasteiger partial charge on any atom is 0.335 e. The van der Waals surface area contributed by atoms with Crippen molar-refractivity contribution in [2.24, 2.45) is 0 Å². The molecule has 4 nitrogen and oxygen atoms in total. The van der Waals surface area contributed by atoms with E-state index in [0.717, 1.165) is 28.1 Å². The van der Waals surface area contributed by atoms with Gasteiger partial charge in [0, 0.05) is 5.56 Å². The van der Waals surface area contributed by atoms with Crippen molar-refractivity contribution in [3.8, 4) is 10.6 Å². The van der Waals surface area contributed by atoms with Gasteiger partial charge < -0.3 is 9.05 Å². The lowest BCUT2D eigenvalue weighted by molar-refractivity contribution is 0.145. The molecule has 0 atom stereocenters. The summed E-state index contributed by atoms with van der Waals surface area (Å²) >= 11 is 1.68. The van der Waals surface area contributed by atoms with Gasteiger partial charge in [0.2, 0.25) is 0 Å². The number of hydrogen-bond acceptors (Lipinski definition) is 5. The average molecular weight is 345 g/mol. The van der Waals surface area contributed by atoms with Crippen LogP contribution >= 0.6 is 18.9 Å². The van der Waals surface area contributed by atoms with Gasteiger partial charge in [-0.1, -0.05) is 36.4 Å². The van der Waals surface area contributed by atoms with Gasteiger partial charge in [-0.2, -0.15) is 0 Å². The Morgan fingerprint density at radius 3 is 2.52 bits per heavy atom. The summed E-state index contributed by atoms with van der Waals surface area (Å²) in [6, 6.07) is 16.1. The maximum atomic E-state index is 12.4. The standard InChI is InChI=1S/C17H16NO3PS/c19-22(20-10-3-11-21-22)12-13-6-8-14(9-7-13)17-18-15-4-1-2-5-16(15)23-17/h1-2,4-9H,3,10-12H2. The second-order valence-corrected chi connectivity index (χ2v) is 8.56. The van der Waals surface area contributed by atoms with Crippen LogP contribution in [-0.4, -0.2) is 18.2 Å². The fraction of sp³-hybridized carbons (Fsp3) is 0.235. The number of aromatic nitrogens is 1. The first-order chi connectivity index (χ1) is 11.2. The van der Waals surface area contributed by atoms with Crippen molar-refractivity contribution in [3.05, 3.63) is 54.1 Å². The van der Waals surface area contributed by atoms with E-state index >= 15 is 0 Å². The molecule has 1 saturated heterocycles. The Kier molecular flexibility index (Phi) is 4.04. The first kappa shape index (κ1) is 15.0. The summed E-state index contributed by atoms with van der Waals surface area (Å²) in [5, 5.41) is 0.995. The van der Waals surface area contributed by atoms with Crippen molar-refractivity contribution in [3.63, 3.8) is 0 Å². The zero-order chi connectivity index (χ0) is 15.7. The van der Waals surface area contributed by atoms with Gasteiger partial charge in [-0.05, 0) is 24.1 Å². The maximum absolute atomic E-state index is 12.4. The summed E-state index contributed by atoms with van der Waals surface area (Å²) in [6.45, 7) is 1.03. The number of para-hydroxylation sites is 1. The van der Waals surface area contributed by atoms with E-state index in [2.05, 4.69) is 11.1 Å². The molecule has 0 bridgehead atoms. The summed E-state index contributed by atoms with van der Waals surface area (Å²) in [5.74, 6) is 0. The van der Waals surface area contributed by atoms with Gasteiger partial charge >= 0.3 is 7.60 Å². The first-order valence-corrected chi connectivity index (χ1v) is 10.1. The summed E-state index contributed by atoms with van der Waals surface area (Å²) < 4.78 is 24.3. The molecule has 23 heavy (non-hydrogen) atoms. The number of benzene rings is 2. The number of hydrogen-bond donors (Lipinski definition) is 0. The highest BCUT2D eigenvalue weighted by Gasteiger charge is 2.28. The molecule has 4 rings (SSSR count). The molecule has 2 aromatic carbocycles. The van der Waals surface area contributed by atoms with Gasteiger partial charge in [0.25, 0.3) is 0 Å². The summed E-state index contributed by atoms with van der Waals surface area (Å²) in [6.07, 6.45) is 1.13. The van der Waals surface area contributed by atoms with E-state index in [9.17, 15) is 4.57 Å². The van der Waals surface area contributed by atoms with Crippen molar-refractivity contribution in [2.75, 3.05) is 13.2 Å². The molecule has 0 radical (unpaired) electrons. The normalized spacial score (nSPS) is 17.4. The molecule has 1 aliphatic rings. The van der Waals surface area contributed by atoms with E-state index in [1.54, 1.807) is 11.3 Å². The molecule has 3 aromatic rings. The zero-order valence-corrected chi connectivity index (χ0v) is 14.2. The first-order valence-electron chi connectivity index (χ1n) is 7.55. The minimum Gasteiger partial charge on any atom is -0.308 e. The van der Waals surface area contributed by atoms with E-state index < -0.39 is 7.60 Å². The van der Waals surface area contributed by atoms with Crippen LogP contribution in [0.2, 0.25) is 0 Å². The Bertz CT molecular complexity index is 832. The van der Waals surface area contributed by atoms with Crippen LogP contribution in [0.1, 0.15) is 12.0 Å². The topological polar surface area (TPSA) is 48.4 Å². The van der Waals surface area contributed by atoms with Gasteiger partial charge in [-0.15, -0.1) is 11.3 Å². The quantitative estimate of drug-likeness (QED) is 0.620. The predicted octanol–water partition coefficient (Wildman–Crippen LogP) is 5.09. The van der Waals surface area contributed by atoms with Crippen molar-refractivity contribution in [1.82, 2.24) is 4.98 Å². The Morgan fingerprint density at radius 1 is 1.04 bits per heavy atom. The van der Waals surface area contributed by atoms with Crippen LogP contribution in [0.5, 0.6) is 0 Å². The highest BCUT2D eigenvalue weighted by molar-refractivity contribution is 7.53. The number of nitrogens with zero attached hydrogens (tertiary/aromatic N) is 1. The zero-order valence-electron chi connectivity index (χ0n) is 12.5. The van der Waals surface area contributed by atoms with Crippen molar-refractivity contribution in [2.45, 2.75) is 12.6 Å². The highest BCUT2D eigenvalue weighted by atomic mass is 32.1. The molecule has 0 aliphatic carbocycles. The third kappa shape index (κ3) is 3.24. The van der Waals surface area contributed by atoms with Crippen LogP contribution in [0, 0.1) is 0 Å². The fourth-order valence-electron chi connectivity index (χ4n) is 2.57. The van der Waals surface area contributed by atoms with Gasteiger partial charge in [0.15, 0.2) is 0 Å². The van der Waals surface area contributed by atoms with Crippen LogP contribution in [0.25, 0.3) is 20.8 Å². The Balaban J connectivity index is 1.56. The van der Waals surface area contributed by atoms with Crippen LogP contribution in [0.4, 0.5) is 0 Å². The van der Waals surface area contributed by atoms with E-state index in [1.165, 1.54) is 4.70 Å². The highest BCUT2D eigenvalue weighted by Crippen LogP contribution is 2.53. The largest absolute Gasteiger partial charge is 0.335 e. The summed E-state index contributed by atoms with van der Waals surface area (Å²) in [7, 11) is -2.96. The van der Waals surface area contributed by atoms with Gasteiger partial charge in [0.1, 0.15) is 5.01 Å². The minimum atomic E-state index is -2.96. The van der Waals surface area contributed by atoms with E-state index in [-0.39, 0.29) is 0 Å². The molecule has 1 fully saturated rings. The number of thiazole rings is 1. The molecule has 118 valence electrons. The van der Waals surface area contributed by atoms with Gasteiger partial charge in [-0.3, -0.25) is 4.57 Å². The molecule has 0 N–H and O–H groups in total. The van der Waals surface area contributed by atoms with Crippen LogP contribution in [0.3, 0.4) is 0 Å². The van der Waals surface area contributed by atoms with Crippen molar-refractivity contribution >= 4 is 29.1 Å². The summed E-state index contributed by atoms with van der Waals surface area (Å²) in [5.41, 5.74) is 3.05. The molecule has 2 heterocycles. The number of rotatable bonds is 3. The lowest BCUT2D eigenvalue weighted by Crippen LogP contribution is -2.09.